The highest BCUT2D eigenvalue weighted by Gasteiger charge is 2.00. The zero-order chi connectivity index (χ0) is 10.2. The Morgan fingerprint density at radius 3 is 2.79 bits per heavy atom. The van der Waals surface area contributed by atoms with E-state index < -0.39 is 0 Å². The Morgan fingerprint density at radius 2 is 2.14 bits per heavy atom. The largest absolute Gasteiger partial charge is 0.396 e. The van der Waals surface area contributed by atoms with Gasteiger partial charge in [0.25, 0.3) is 0 Å². The van der Waals surface area contributed by atoms with Crippen molar-refractivity contribution in [1.29, 1.82) is 0 Å². The summed E-state index contributed by atoms with van der Waals surface area (Å²) in [6.45, 7) is 3.28. The summed E-state index contributed by atoms with van der Waals surface area (Å²) in [6, 6.07) is 4.47. The summed E-state index contributed by atoms with van der Waals surface area (Å²) in [7, 11) is 0. The topological polar surface area (TPSA) is 45.1 Å². The minimum atomic E-state index is 0.279. The van der Waals surface area contributed by atoms with Crippen LogP contribution in [0.4, 0.5) is 0 Å². The minimum absolute atomic E-state index is 0.279. The van der Waals surface area contributed by atoms with Gasteiger partial charge in [0.15, 0.2) is 0 Å². The molecule has 1 aromatic rings. The Labute approximate surface area is 85.2 Å². The van der Waals surface area contributed by atoms with Crippen LogP contribution >= 0.6 is 0 Å². The number of aromatic nitrogens is 1. The van der Waals surface area contributed by atoms with Gasteiger partial charge < -0.3 is 10.4 Å². The number of nitrogens with zero attached hydrogens (tertiary/aromatic N) is 1. The molecule has 0 fully saturated rings. The molecule has 0 bridgehead atoms. The Balaban J connectivity index is 2.20. The van der Waals surface area contributed by atoms with E-state index in [0.29, 0.717) is 6.04 Å². The SMILES string of the molecule is CC(CCCO)NCc1ccncc1. The van der Waals surface area contributed by atoms with E-state index >= 15 is 0 Å². The molecule has 0 saturated heterocycles. The van der Waals surface area contributed by atoms with Crippen molar-refractivity contribution < 1.29 is 5.11 Å². The van der Waals surface area contributed by atoms with Gasteiger partial charge in [0.1, 0.15) is 0 Å². The molecular formula is C11H18N2O. The molecule has 2 N–H and O–H groups in total. The molecule has 0 spiro atoms. The van der Waals surface area contributed by atoms with Crippen LogP contribution in [0.5, 0.6) is 0 Å². The summed E-state index contributed by atoms with van der Waals surface area (Å²) in [5.74, 6) is 0. The zero-order valence-corrected chi connectivity index (χ0v) is 8.61. The summed E-state index contributed by atoms with van der Waals surface area (Å²) >= 11 is 0. The molecule has 0 aliphatic rings. The van der Waals surface area contributed by atoms with Crippen LogP contribution in [0.1, 0.15) is 25.3 Å². The lowest BCUT2D eigenvalue weighted by atomic mass is 10.2. The quantitative estimate of drug-likeness (QED) is 0.718. The van der Waals surface area contributed by atoms with Crippen LogP contribution in [0.15, 0.2) is 24.5 Å². The fourth-order valence-electron chi connectivity index (χ4n) is 1.29. The summed E-state index contributed by atoms with van der Waals surface area (Å²) < 4.78 is 0. The van der Waals surface area contributed by atoms with Gasteiger partial charge in [0.2, 0.25) is 0 Å². The van der Waals surface area contributed by atoms with Crippen molar-refractivity contribution in [3.05, 3.63) is 30.1 Å². The first-order valence-electron chi connectivity index (χ1n) is 5.06. The van der Waals surface area contributed by atoms with Gasteiger partial charge >= 0.3 is 0 Å². The van der Waals surface area contributed by atoms with Crippen molar-refractivity contribution in [3.63, 3.8) is 0 Å². The first-order chi connectivity index (χ1) is 6.83. The molecule has 3 nitrogen and oxygen atoms in total. The maximum absolute atomic E-state index is 8.66. The second kappa shape index (κ2) is 6.51. The van der Waals surface area contributed by atoms with Gasteiger partial charge in [-0.15, -0.1) is 0 Å². The predicted octanol–water partition coefficient (Wildman–Crippen LogP) is 1.33. The van der Waals surface area contributed by atoms with Crippen molar-refractivity contribution in [3.8, 4) is 0 Å². The average Bonchev–Trinajstić information content (AvgIpc) is 2.25. The first kappa shape index (κ1) is 11.1. The molecule has 0 amide bonds. The van der Waals surface area contributed by atoms with Crippen molar-refractivity contribution in [2.24, 2.45) is 0 Å². The number of aliphatic hydroxyl groups excluding tert-OH is 1. The molecule has 1 heterocycles. The number of rotatable bonds is 6. The van der Waals surface area contributed by atoms with Crippen LogP contribution in [0.2, 0.25) is 0 Å². The van der Waals surface area contributed by atoms with Crippen molar-refractivity contribution in [1.82, 2.24) is 10.3 Å². The van der Waals surface area contributed by atoms with Crippen LogP contribution in [-0.2, 0) is 6.54 Å². The number of aliphatic hydroxyl groups is 1. The number of hydrogen-bond acceptors (Lipinski definition) is 3. The van der Waals surface area contributed by atoms with Crippen LogP contribution < -0.4 is 5.32 Å². The molecule has 1 atom stereocenters. The zero-order valence-electron chi connectivity index (χ0n) is 8.61. The van der Waals surface area contributed by atoms with Crippen molar-refractivity contribution >= 4 is 0 Å². The number of nitrogens with one attached hydrogen (secondary N) is 1. The lowest BCUT2D eigenvalue weighted by Crippen LogP contribution is -2.25. The van der Waals surface area contributed by atoms with E-state index in [4.69, 9.17) is 5.11 Å². The Kier molecular flexibility index (Phi) is 5.19. The van der Waals surface area contributed by atoms with E-state index in [1.54, 1.807) is 12.4 Å². The summed E-state index contributed by atoms with van der Waals surface area (Å²) in [4.78, 5) is 3.96. The summed E-state index contributed by atoms with van der Waals surface area (Å²) in [6.07, 6.45) is 5.48. The molecule has 78 valence electrons. The van der Waals surface area contributed by atoms with E-state index in [1.807, 2.05) is 12.1 Å². The van der Waals surface area contributed by atoms with Crippen molar-refractivity contribution in [2.75, 3.05) is 6.61 Å². The average molecular weight is 194 g/mol. The fraction of sp³-hybridized carbons (Fsp3) is 0.545. The van der Waals surface area contributed by atoms with Crippen LogP contribution in [-0.4, -0.2) is 22.7 Å². The van der Waals surface area contributed by atoms with Gasteiger partial charge in [-0.1, -0.05) is 0 Å². The smallest absolute Gasteiger partial charge is 0.0431 e. The Hall–Kier alpha value is -0.930. The van der Waals surface area contributed by atoms with E-state index in [0.717, 1.165) is 19.4 Å². The number of pyridine rings is 1. The van der Waals surface area contributed by atoms with Crippen LogP contribution in [0.25, 0.3) is 0 Å². The predicted molar refractivity (Wildman–Crippen MR) is 56.9 cm³/mol. The third-order valence-corrected chi connectivity index (χ3v) is 2.20. The normalized spacial score (nSPS) is 12.7. The van der Waals surface area contributed by atoms with Gasteiger partial charge in [-0.05, 0) is 37.5 Å². The van der Waals surface area contributed by atoms with E-state index in [1.165, 1.54) is 5.56 Å². The maximum atomic E-state index is 8.66. The third kappa shape index (κ3) is 4.35. The van der Waals surface area contributed by atoms with Gasteiger partial charge in [-0.2, -0.15) is 0 Å². The lowest BCUT2D eigenvalue weighted by molar-refractivity contribution is 0.276. The second-order valence-electron chi connectivity index (χ2n) is 3.50. The lowest BCUT2D eigenvalue weighted by Gasteiger charge is -2.12. The molecule has 1 aromatic heterocycles. The van der Waals surface area contributed by atoms with Gasteiger partial charge in [-0.25, -0.2) is 0 Å². The molecule has 0 aliphatic carbocycles. The highest BCUT2D eigenvalue weighted by molar-refractivity contribution is 5.09. The minimum Gasteiger partial charge on any atom is -0.396 e. The molecule has 14 heavy (non-hydrogen) atoms. The summed E-state index contributed by atoms with van der Waals surface area (Å²) in [5, 5.41) is 12.1. The van der Waals surface area contributed by atoms with Gasteiger partial charge in [0.05, 0.1) is 0 Å². The van der Waals surface area contributed by atoms with Gasteiger partial charge in [-0.3, -0.25) is 4.98 Å². The Bertz CT molecular complexity index is 238. The van der Waals surface area contributed by atoms with E-state index in [2.05, 4.69) is 17.2 Å². The molecule has 0 saturated carbocycles. The first-order valence-corrected chi connectivity index (χ1v) is 5.06. The molecule has 3 heteroatoms. The molecule has 1 unspecified atom stereocenters. The van der Waals surface area contributed by atoms with Gasteiger partial charge in [0, 0.05) is 31.6 Å². The monoisotopic (exact) mass is 194 g/mol. The molecular weight excluding hydrogens is 176 g/mol. The molecule has 0 aromatic carbocycles. The third-order valence-electron chi connectivity index (χ3n) is 2.20. The standard InChI is InChI=1S/C11H18N2O/c1-10(3-2-8-14)13-9-11-4-6-12-7-5-11/h4-7,10,13-14H,2-3,8-9H2,1H3. The molecule has 1 rings (SSSR count). The van der Waals surface area contributed by atoms with Crippen LogP contribution in [0.3, 0.4) is 0 Å². The molecule has 0 radical (unpaired) electrons. The Morgan fingerprint density at radius 1 is 1.43 bits per heavy atom. The molecule has 0 aliphatic heterocycles. The highest BCUT2D eigenvalue weighted by atomic mass is 16.2. The number of hydrogen-bond donors (Lipinski definition) is 2. The summed E-state index contributed by atoms with van der Waals surface area (Å²) in [5.41, 5.74) is 1.25. The van der Waals surface area contributed by atoms with E-state index in [9.17, 15) is 0 Å². The van der Waals surface area contributed by atoms with E-state index in [-0.39, 0.29) is 6.61 Å². The highest BCUT2D eigenvalue weighted by Crippen LogP contribution is 1.99. The maximum Gasteiger partial charge on any atom is 0.0431 e. The van der Waals surface area contributed by atoms with Crippen LogP contribution in [0, 0.1) is 0 Å². The fourth-order valence-corrected chi connectivity index (χ4v) is 1.29. The van der Waals surface area contributed by atoms with Crippen molar-refractivity contribution in [2.45, 2.75) is 32.4 Å². The second-order valence-corrected chi connectivity index (χ2v) is 3.50.